The van der Waals surface area contributed by atoms with Gasteiger partial charge in [0.15, 0.2) is 0 Å². The second kappa shape index (κ2) is 5.40. The van der Waals surface area contributed by atoms with Gasteiger partial charge in [0.25, 0.3) is 0 Å². The van der Waals surface area contributed by atoms with Crippen LogP contribution in [0.2, 0.25) is 5.15 Å². The zero-order valence-electron chi connectivity index (χ0n) is 11.2. The molecule has 0 spiro atoms. The molecule has 19 heavy (non-hydrogen) atoms. The fourth-order valence-corrected chi connectivity index (χ4v) is 1.95. The number of nitrogens with one attached hydrogen (secondary N) is 1. The van der Waals surface area contributed by atoms with E-state index in [0.717, 1.165) is 5.69 Å². The molecule has 5 nitrogen and oxygen atoms in total. The fourth-order valence-electron chi connectivity index (χ4n) is 1.76. The minimum Gasteiger partial charge on any atom is -0.368 e. The van der Waals surface area contributed by atoms with Crippen molar-refractivity contribution in [3.63, 3.8) is 0 Å². The summed E-state index contributed by atoms with van der Waals surface area (Å²) in [4.78, 5) is 12.3. The first-order valence-electron chi connectivity index (χ1n) is 5.93. The highest BCUT2D eigenvalue weighted by atomic mass is 35.5. The number of anilines is 2. The van der Waals surface area contributed by atoms with Crippen LogP contribution in [-0.2, 0) is 6.54 Å². The first kappa shape index (κ1) is 13.5. The maximum absolute atomic E-state index is 5.82. The molecule has 0 saturated carbocycles. The predicted molar refractivity (Wildman–Crippen MR) is 77.2 cm³/mol. The summed E-state index contributed by atoms with van der Waals surface area (Å²) < 4.78 is 0. The number of rotatable bonds is 3. The second-order valence-electron chi connectivity index (χ2n) is 4.43. The molecule has 0 saturated heterocycles. The number of aromatic nitrogens is 3. The first-order chi connectivity index (χ1) is 8.97. The zero-order chi connectivity index (χ0) is 14.0. The van der Waals surface area contributed by atoms with Crippen molar-refractivity contribution >= 4 is 23.4 Å². The highest BCUT2D eigenvalue weighted by Crippen LogP contribution is 2.17. The van der Waals surface area contributed by atoms with Crippen LogP contribution in [0.5, 0.6) is 0 Å². The van der Waals surface area contributed by atoms with Crippen LogP contribution in [0, 0.1) is 20.8 Å². The van der Waals surface area contributed by atoms with Crippen molar-refractivity contribution in [3.8, 4) is 0 Å². The van der Waals surface area contributed by atoms with Gasteiger partial charge in [-0.25, -0.2) is 4.98 Å². The van der Waals surface area contributed by atoms with E-state index in [0.29, 0.717) is 17.5 Å². The summed E-state index contributed by atoms with van der Waals surface area (Å²) in [7, 11) is 0. The Labute approximate surface area is 117 Å². The van der Waals surface area contributed by atoms with Crippen LogP contribution in [0.25, 0.3) is 0 Å². The van der Waals surface area contributed by atoms with Crippen LogP contribution in [0.15, 0.2) is 12.3 Å². The molecule has 0 aliphatic rings. The highest BCUT2D eigenvalue weighted by Gasteiger charge is 2.06. The van der Waals surface area contributed by atoms with Crippen molar-refractivity contribution in [3.05, 3.63) is 39.8 Å². The van der Waals surface area contributed by atoms with Crippen LogP contribution in [0.4, 0.5) is 11.8 Å². The van der Waals surface area contributed by atoms with E-state index in [-0.39, 0.29) is 5.95 Å². The molecule has 2 aromatic heterocycles. The summed E-state index contributed by atoms with van der Waals surface area (Å²) in [6.45, 7) is 6.78. The van der Waals surface area contributed by atoms with E-state index in [1.165, 1.54) is 16.7 Å². The minimum atomic E-state index is 0.153. The molecule has 2 aromatic rings. The summed E-state index contributed by atoms with van der Waals surface area (Å²) in [5.41, 5.74) is 10.2. The SMILES string of the molecule is Cc1cnc(CNc2cc(Cl)nc(N)n2)c(C)c1C. The molecule has 0 aliphatic heterocycles. The summed E-state index contributed by atoms with van der Waals surface area (Å²) in [5, 5.41) is 3.47. The van der Waals surface area contributed by atoms with Crippen molar-refractivity contribution in [1.82, 2.24) is 15.0 Å². The molecule has 6 heteroatoms. The Hall–Kier alpha value is -1.88. The van der Waals surface area contributed by atoms with Gasteiger partial charge in [-0.05, 0) is 37.5 Å². The van der Waals surface area contributed by atoms with Gasteiger partial charge in [-0.15, -0.1) is 0 Å². The Balaban J connectivity index is 2.17. The number of pyridine rings is 1. The number of halogens is 1. The third-order valence-electron chi connectivity index (χ3n) is 3.15. The third-order valence-corrected chi connectivity index (χ3v) is 3.34. The molecule has 3 N–H and O–H groups in total. The molecular formula is C13H16ClN5. The number of aryl methyl sites for hydroxylation is 1. The smallest absolute Gasteiger partial charge is 0.223 e. The lowest BCUT2D eigenvalue weighted by Crippen LogP contribution is -2.08. The number of hydrogen-bond acceptors (Lipinski definition) is 5. The van der Waals surface area contributed by atoms with Gasteiger partial charge >= 0.3 is 0 Å². The topological polar surface area (TPSA) is 76.7 Å². The molecule has 0 atom stereocenters. The Morgan fingerprint density at radius 3 is 2.63 bits per heavy atom. The molecule has 0 aromatic carbocycles. The first-order valence-corrected chi connectivity index (χ1v) is 6.30. The average molecular weight is 278 g/mol. The van der Waals surface area contributed by atoms with Crippen molar-refractivity contribution in [2.75, 3.05) is 11.1 Å². The van der Waals surface area contributed by atoms with Crippen molar-refractivity contribution in [2.24, 2.45) is 0 Å². The Bertz CT molecular complexity index is 592. The Morgan fingerprint density at radius 1 is 1.21 bits per heavy atom. The van der Waals surface area contributed by atoms with Crippen LogP contribution in [0.3, 0.4) is 0 Å². The fraction of sp³-hybridized carbons (Fsp3) is 0.308. The molecule has 2 heterocycles. The van der Waals surface area contributed by atoms with Crippen molar-refractivity contribution < 1.29 is 0 Å². The number of nitrogens with zero attached hydrogens (tertiary/aromatic N) is 3. The van der Waals surface area contributed by atoms with Gasteiger partial charge in [0.2, 0.25) is 5.95 Å². The van der Waals surface area contributed by atoms with E-state index in [9.17, 15) is 0 Å². The molecule has 0 unspecified atom stereocenters. The normalized spacial score (nSPS) is 10.5. The Kier molecular flexibility index (Phi) is 3.85. The predicted octanol–water partition coefficient (Wildman–Crippen LogP) is 2.64. The van der Waals surface area contributed by atoms with Gasteiger partial charge in [0.05, 0.1) is 12.2 Å². The van der Waals surface area contributed by atoms with Gasteiger partial charge in [-0.2, -0.15) is 4.98 Å². The monoisotopic (exact) mass is 277 g/mol. The third kappa shape index (κ3) is 3.12. The van der Waals surface area contributed by atoms with E-state index in [1.807, 2.05) is 6.20 Å². The van der Waals surface area contributed by atoms with E-state index in [4.69, 9.17) is 17.3 Å². The molecule has 0 bridgehead atoms. The van der Waals surface area contributed by atoms with Crippen molar-refractivity contribution in [2.45, 2.75) is 27.3 Å². The lowest BCUT2D eigenvalue weighted by atomic mass is 10.0. The van der Waals surface area contributed by atoms with Crippen molar-refractivity contribution in [1.29, 1.82) is 0 Å². The van der Waals surface area contributed by atoms with Gasteiger partial charge in [-0.1, -0.05) is 11.6 Å². The van der Waals surface area contributed by atoms with Gasteiger partial charge in [0.1, 0.15) is 11.0 Å². The lowest BCUT2D eigenvalue weighted by Gasteiger charge is -2.11. The maximum Gasteiger partial charge on any atom is 0.223 e. The Morgan fingerprint density at radius 2 is 1.95 bits per heavy atom. The molecule has 0 fully saturated rings. The van der Waals surface area contributed by atoms with Gasteiger partial charge in [-0.3, -0.25) is 4.98 Å². The highest BCUT2D eigenvalue weighted by molar-refractivity contribution is 6.29. The zero-order valence-corrected chi connectivity index (χ0v) is 11.9. The summed E-state index contributed by atoms with van der Waals surface area (Å²) in [6.07, 6.45) is 1.88. The van der Waals surface area contributed by atoms with Gasteiger partial charge < -0.3 is 11.1 Å². The summed E-state index contributed by atoms with van der Waals surface area (Å²) >= 11 is 5.82. The van der Waals surface area contributed by atoms with E-state index < -0.39 is 0 Å². The maximum atomic E-state index is 5.82. The largest absolute Gasteiger partial charge is 0.368 e. The average Bonchev–Trinajstić information content (AvgIpc) is 2.34. The lowest BCUT2D eigenvalue weighted by molar-refractivity contribution is 0.980. The van der Waals surface area contributed by atoms with Crippen LogP contribution in [0.1, 0.15) is 22.4 Å². The molecule has 0 radical (unpaired) electrons. The molecule has 0 aliphatic carbocycles. The molecular weight excluding hydrogens is 262 g/mol. The second-order valence-corrected chi connectivity index (χ2v) is 4.81. The van der Waals surface area contributed by atoms with E-state index in [2.05, 4.69) is 41.0 Å². The molecule has 100 valence electrons. The standard InChI is InChI=1S/C13H16ClN5/c1-7-5-16-10(9(3)8(7)2)6-17-12-4-11(14)18-13(15)19-12/h4-5H,6H2,1-3H3,(H3,15,17,18,19). The summed E-state index contributed by atoms with van der Waals surface area (Å²) in [6, 6.07) is 1.63. The van der Waals surface area contributed by atoms with Crippen LogP contribution < -0.4 is 11.1 Å². The number of hydrogen-bond donors (Lipinski definition) is 2. The van der Waals surface area contributed by atoms with Crippen LogP contribution >= 0.6 is 11.6 Å². The molecule has 2 rings (SSSR count). The molecule has 0 amide bonds. The number of nitrogen functional groups attached to an aromatic ring is 1. The minimum absolute atomic E-state index is 0.153. The quantitative estimate of drug-likeness (QED) is 0.844. The number of nitrogens with two attached hydrogens (primary N) is 1. The van der Waals surface area contributed by atoms with Crippen LogP contribution in [-0.4, -0.2) is 15.0 Å². The van der Waals surface area contributed by atoms with Gasteiger partial charge in [0, 0.05) is 12.3 Å². The van der Waals surface area contributed by atoms with E-state index in [1.54, 1.807) is 6.07 Å². The summed E-state index contributed by atoms with van der Waals surface area (Å²) in [5.74, 6) is 0.747. The van der Waals surface area contributed by atoms with E-state index >= 15 is 0 Å².